The topological polar surface area (TPSA) is 92.4 Å². The molecule has 0 spiro atoms. The Bertz CT molecular complexity index is 1010. The van der Waals surface area contributed by atoms with E-state index in [1.54, 1.807) is 7.11 Å². The zero-order valence-corrected chi connectivity index (χ0v) is 16.2. The maximum atomic E-state index is 12.2. The second-order valence-corrected chi connectivity index (χ2v) is 8.64. The molecular weight excluding hydrogens is 354 g/mol. The van der Waals surface area contributed by atoms with E-state index in [4.69, 9.17) is 4.74 Å². The van der Waals surface area contributed by atoms with Gasteiger partial charge in [0, 0.05) is 31.5 Å². The molecule has 3 rings (SSSR count). The van der Waals surface area contributed by atoms with Crippen molar-refractivity contribution in [2.45, 2.75) is 38.5 Å². The highest BCUT2D eigenvalue weighted by molar-refractivity contribution is 7.90. The lowest BCUT2D eigenvalue weighted by molar-refractivity contribution is 0.238. The molecule has 1 aliphatic heterocycles. The van der Waals surface area contributed by atoms with E-state index < -0.39 is 9.84 Å². The van der Waals surface area contributed by atoms with Gasteiger partial charge >= 0.3 is 0 Å². The average Bonchev–Trinajstić information content (AvgIpc) is 2.58. The minimum atomic E-state index is -3.55. The summed E-state index contributed by atoms with van der Waals surface area (Å²) >= 11 is 0. The first-order chi connectivity index (χ1) is 12.2. The molecule has 1 aliphatic rings. The fourth-order valence-corrected chi connectivity index (χ4v) is 3.82. The number of aromatic amines is 1. The number of methoxy groups -OCH3 is 1. The fourth-order valence-electron chi connectivity index (χ4n) is 3.27. The van der Waals surface area contributed by atoms with Crippen LogP contribution in [-0.2, 0) is 29.3 Å². The second-order valence-electron chi connectivity index (χ2n) is 6.71. The van der Waals surface area contributed by atoms with Gasteiger partial charge in [-0.25, -0.2) is 13.4 Å². The van der Waals surface area contributed by atoms with Crippen molar-refractivity contribution in [1.29, 1.82) is 0 Å². The highest BCUT2D eigenvalue weighted by Gasteiger charge is 2.24. The number of hydrogen-bond acceptors (Lipinski definition) is 6. The first-order valence-electron chi connectivity index (χ1n) is 8.38. The Labute approximate surface area is 153 Å². The maximum absolute atomic E-state index is 12.2. The molecule has 7 nitrogen and oxygen atoms in total. The van der Waals surface area contributed by atoms with Crippen LogP contribution in [0.4, 0.5) is 0 Å². The highest BCUT2D eigenvalue weighted by atomic mass is 32.2. The summed E-state index contributed by atoms with van der Waals surface area (Å²) in [5, 5.41) is -0.264. The molecule has 0 bridgehead atoms. The minimum Gasteiger partial charge on any atom is -0.496 e. The van der Waals surface area contributed by atoms with Gasteiger partial charge in [0.2, 0.25) is 15.0 Å². The van der Waals surface area contributed by atoms with E-state index in [9.17, 15) is 13.2 Å². The van der Waals surface area contributed by atoms with E-state index in [2.05, 4.69) is 21.8 Å². The van der Waals surface area contributed by atoms with E-state index in [1.807, 2.05) is 19.1 Å². The van der Waals surface area contributed by atoms with Crippen LogP contribution >= 0.6 is 0 Å². The van der Waals surface area contributed by atoms with Crippen LogP contribution in [0.3, 0.4) is 0 Å². The molecule has 0 fully saturated rings. The van der Waals surface area contributed by atoms with Gasteiger partial charge in [-0.2, -0.15) is 0 Å². The monoisotopic (exact) mass is 377 g/mol. The van der Waals surface area contributed by atoms with E-state index in [-0.39, 0.29) is 10.7 Å². The summed E-state index contributed by atoms with van der Waals surface area (Å²) in [6, 6.07) is 4.00. The van der Waals surface area contributed by atoms with Crippen LogP contribution in [-0.4, -0.2) is 43.2 Å². The van der Waals surface area contributed by atoms with Crippen LogP contribution < -0.4 is 10.3 Å². The van der Waals surface area contributed by atoms with Crippen LogP contribution in [0.15, 0.2) is 22.1 Å². The van der Waals surface area contributed by atoms with Gasteiger partial charge in [0.25, 0.3) is 5.56 Å². The summed E-state index contributed by atoms with van der Waals surface area (Å²) in [5.41, 5.74) is 4.23. The van der Waals surface area contributed by atoms with Crippen molar-refractivity contribution >= 4 is 9.84 Å². The number of hydrogen-bond donors (Lipinski definition) is 1. The average molecular weight is 377 g/mol. The molecule has 26 heavy (non-hydrogen) atoms. The van der Waals surface area contributed by atoms with Crippen molar-refractivity contribution in [2.24, 2.45) is 0 Å². The van der Waals surface area contributed by atoms with E-state index in [0.717, 1.165) is 24.1 Å². The third-order valence-electron chi connectivity index (χ3n) is 4.95. The number of ether oxygens (including phenoxy) is 1. The van der Waals surface area contributed by atoms with Crippen molar-refractivity contribution in [1.82, 2.24) is 14.9 Å². The smallest absolute Gasteiger partial charge is 0.255 e. The Kier molecular flexibility index (Phi) is 4.90. The summed E-state index contributed by atoms with van der Waals surface area (Å²) in [6.45, 7) is 5.98. The Morgan fingerprint density at radius 1 is 1.27 bits per heavy atom. The third kappa shape index (κ3) is 3.52. The van der Waals surface area contributed by atoms with E-state index >= 15 is 0 Å². The zero-order valence-electron chi connectivity index (χ0n) is 15.4. The predicted molar refractivity (Wildman–Crippen MR) is 98.3 cm³/mol. The van der Waals surface area contributed by atoms with Gasteiger partial charge in [0.1, 0.15) is 5.75 Å². The molecule has 0 saturated carbocycles. The lowest BCUT2D eigenvalue weighted by Gasteiger charge is -2.28. The molecule has 0 amide bonds. The Morgan fingerprint density at radius 3 is 2.65 bits per heavy atom. The van der Waals surface area contributed by atoms with Crippen molar-refractivity contribution < 1.29 is 13.2 Å². The summed E-state index contributed by atoms with van der Waals surface area (Å²) in [4.78, 5) is 20.9. The molecule has 2 heterocycles. The standard InChI is InChI=1S/C18H23N3O4S/c1-11-12(2)16(25-3)6-5-13(11)9-21-8-7-14-15(10-21)19-18(20-17(14)22)26(4,23)24/h5-6H,7-10H2,1-4H3,(H,19,20,22). The Morgan fingerprint density at radius 2 is 2.00 bits per heavy atom. The quantitative estimate of drug-likeness (QED) is 0.809. The Balaban J connectivity index is 1.88. The molecule has 140 valence electrons. The molecule has 0 atom stereocenters. The van der Waals surface area contributed by atoms with Crippen molar-refractivity contribution in [3.63, 3.8) is 0 Å². The molecule has 0 saturated heterocycles. The molecule has 0 unspecified atom stereocenters. The van der Waals surface area contributed by atoms with Gasteiger partial charge in [0.15, 0.2) is 0 Å². The number of nitrogens with zero attached hydrogens (tertiary/aromatic N) is 2. The first-order valence-corrected chi connectivity index (χ1v) is 10.3. The van der Waals surface area contributed by atoms with Gasteiger partial charge in [0.05, 0.1) is 12.8 Å². The SMILES string of the molecule is COc1ccc(CN2CCc3c(nc(S(C)(=O)=O)[nH]c3=O)C2)c(C)c1C. The molecular formula is C18H23N3O4S. The van der Waals surface area contributed by atoms with Gasteiger partial charge < -0.3 is 4.74 Å². The van der Waals surface area contributed by atoms with Crippen LogP contribution in [0.25, 0.3) is 0 Å². The summed E-state index contributed by atoms with van der Waals surface area (Å²) < 4.78 is 28.8. The number of fused-ring (bicyclic) bond motifs is 1. The maximum Gasteiger partial charge on any atom is 0.255 e. The summed E-state index contributed by atoms with van der Waals surface area (Å²) in [5.74, 6) is 0.862. The Hall–Kier alpha value is -2.19. The van der Waals surface area contributed by atoms with Crippen LogP contribution in [0.5, 0.6) is 5.75 Å². The van der Waals surface area contributed by atoms with Gasteiger partial charge in [-0.1, -0.05) is 6.07 Å². The number of H-pyrrole nitrogens is 1. The zero-order chi connectivity index (χ0) is 19.1. The van der Waals surface area contributed by atoms with Crippen LogP contribution in [0.2, 0.25) is 0 Å². The largest absolute Gasteiger partial charge is 0.496 e. The number of aromatic nitrogens is 2. The molecule has 8 heteroatoms. The van der Waals surface area contributed by atoms with Crippen molar-refractivity contribution in [2.75, 3.05) is 19.9 Å². The molecule has 0 aliphatic carbocycles. The highest BCUT2D eigenvalue weighted by Crippen LogP contribution is 2.26. The number of sulfone groups is 1. The molecule has 0 radical (unpaired) electrons. The van der Waals surface area contributed by atoms with Gasteiger partial charge in [-0.05, 0) is 43.0 Å². The van der Waals surface area contributed by atoms with Crippen LogP contribution in [0.1, 0.15) is 27.9 Å². The summed E-state index contributed by atoms with van der Waals surface area (Å²) in [6.07, 6.45) is 1.59. The third-order valence-corrected chi connectivity index (χ3v) is 5.84. The van der Waals surface area contributed by atoms with Crippen molar-refractivity contribution in [3.05, 3.63) is 50.4 Å². The van der Waals surface area contributed by atoms with Gasteiger partial charge in [-0.15, -0.1) is 0 Å². The molecule has 1 N–H and O–H groups in total. The lowest BCUT2D eigenvalue weighted by atomic mass is 10.0. The number of nitrogens with one attached hydrogen (secondary N) is 1. The van der Waals surface area contributed by atoms with E-state index in [1.165, 1.54) is 11.1 Å². The lowest BCUT2D eigenvalue weighted by Crippen LogP contribution is -2.35. The normalized spacial score (nSPS) is 14.9. The molecule has 2 aromatic rings. The van der Waals surface area contributed by atoms with Crippen molar-refractivity contribution in [3.8, 4) is 5.75 Å². The number of rotatable bonds is 4. The number of benzene rings is 1. The minimum absolute atomic E-state index is 0.264. The second kappa shape index (κ2) is 6.85. The fraction of sp³-hybridized carbons (Fsp3) is 0.444. The van der Waals surface area contributed by atoms with Crippen LogP contribution in [0, 0.1) is 13.8 Å². The predicted octanol–water partition coefficient (Wildman–Crippen LogP) is 1.36. The molecule has 1 aromatic carbocycles. The first kappa shape index (κ1) is 18.6. The molecule has 1 aromatic heterocycles. The van der Waals surface area contributed by atoms with Gasteiger partial charge in [-0.3, -0.25) is 14.7 Å². The summed E-state index contributed by atoms with van der Waals surface area (Å²) in [7, 11) is -1.90. The van der Waals surface area contributed by atoms with E-state index in [0.29, 0.717) is 30.8 Å².